The number of nitrogens with one attached hydrogen (secondary N) is 1. The number of amides is 1. The Balaban J connectivity index is 1.68. The molecule has 0 aromatic heterocycles. The molecule has 10 heteroatoms. The van der Waals surface area contributed by atoms with E-state index in [1.165, 1.54) is 7.11 Å². The van der Waals surface area contributed by atoms with Crippen molar-refractivity contribution in [2.75, 3.05) is 28.4 Å². The molecule has 0 fully saturated rings. The van der Waals surface area contributed by atoms with Crippen molar-refractivity contribution >= 4 is 29.3 Å². The molecule has 0 heterocycles. The summed E-state index contributed by atoms with van der Waals surface area (Å²) in [6, 6.07) is 17.3. The molecule has 3 rings (SSSR count). The molecule has 0 unspecified atom stereocenters. The summed E-state index contributed by atoms with van der Waals surface area (Å²) in [5.41, 5.74) is 8.70. The van der Waals surface area contributed by atoms with Crippen LogP contribution < -0.4 is 30.0 Å². The van der Waals surface area contributed by atoms with E-state index in [1.807, 2.05) is 30.3 Å². The van der Waals surface area contributed by atoms with E-state index in [9.17, 15) is 9.59 Å². The van der Waals surface area contributed by atoms with E-state index in [1.54, 1.807) is 51.7 Å². The van der Waals surface area contributed by atoms with Gasteiger partial charge in [-0.15, -0.1) is 0 Å². The maximum Gasteiger partial charge on any atom is 0.231 e. The summed E-state index contributed by atoms with van der Waals surface area (Å²) < 4.78 is 21.2. The number of halogens is 1. The molecule has 0 aliphatic heterocycles. The number of nitrogens with zero attached hydrogens (tertiary/aromatic N) is 1. The number of guanidine groups is 1. The van der Waals surface area contributed by atoms with Crippen LogP contribution in [0.4, 0.5) is 0 Å². The molecule has 0 radical (unpaired) electrons. The van der Waals surface area contributed by atoms with Gasteiger partial charge in [0.2, 0.25) is 5.91 Å². The molecule has 9 nitrogen and oxygen atoms in total. The quantitative estimate of drug-likeness (QED) is 0.211. The van der Waals surface area contributed by atoms with Crippen LogP contribution in [0.3, 0.4) is 0 Å². The molecule has 0 bridgehead atoms. The summed E-state index contributed by atoms with van der Waals surface area (Å²) in [5.74, 6) is 1.78. The van der Waals surface area contributed by atoms with Gasteiger partial charge in [-0.25, -0.2) is 4.99 Å². The number of nitrogens with two attached hydrogens (primary N) is 1. The Bertz CT molecular complexity index is 1360. The maximum absolute atomic E-state index is 13.3. The van der Waals surface area contributed by atoms with Crippen molar-refractivity contribution in [3.63, 3.8) is 0 Å². The van der Waals surface area contributed by atoms with E-state index in [4.69, 9.17) is 36.3 Å². The van der Waals surface area contributed by atoms with Crippen LogP contribution in [-0.2, 0) is 28.9 Å². The summed E-state index contributed by atoms with van der Waals surface area (Å²) in [6.45, 7) is 0. The SMILES string of the molecule is COc1ccc(CCCC(=O)[C@@H](Cc2ccc(Cl)cc2)N=C(N)NC(=O)Cc2ccc(OC)c(OC)c2)cc1OC. The van der Waals surface area contributed by atoms with E-state index in [2.05, 4.69) is 10.3 Å². The van der Waals surface area contributed by atoms with Crippen molar-refractivity contribution in [2.45, 2.75) is 38.1 Å². The molecule has 41 heavy (non-hydrogen) atoms. The van der Waals surface area contributed by atoms with Gasteiger partial charge < -0.3 is 24.7 Å². The molecule has 218 valence electrons. The lowest BCUT2D eigenvalue weighted by molar-refractivity contribution is -0.121. The van der Waals surface area contributed by atoms with Crippen molar-refractivity contribution in [1.29, 1.82) is 0 Å². The van der Waals surface area contributed by atoms with Crippen LogP contribution in [0.5, 0.6) is 23.0 Å². The Morgan fingerprint density at radius 1 is 0.805 bits per heavy atom. The molecule has 0 spiro atoms. The first-order chi connectivity index (χ1) is 19.8. The van der Waals surface area contributed by atoms with Gasteiger partial charge >= 0.3 is 0 Å². The van der Waals surface area contributed by atoms with Crippen LogP contribution in [0.15, 0.2) is 65.7 Å². The van der Waals surface area contributed by atoms with Gasteiger partial charge in [0, 0.05) is 17.9 Å². The fourth-order valence-electron chi connectivity index (χ4n) is 4.31. The highest BCUT2D eigenvalue weighted by molar-refractivity contribution is 6.30. The zero-order chi connectivity index (χ0) is 29.8. The molecular formula is C31H36ClN3O6. The van der Waals surface area contributed by atoms with Gasteiger partial charge in [-0.2, -0.15) is 0 Å². The van der Waals surface area contributed by atoms with Gasteiger partial charge in [0.1, 0.15) is 6.04 Å². The molecule has 0 aliphatic carbocycles. The number of aliphatic imine (C=N–C) groups is 1. The predicted octanol–water partition coefficient (Wildman–Crippen LogP) is 4.55. The predicted molar refractivity (Wildman–Crippen MR) is 159 cm³/mol. The van der Waals surface area contributed by atoms with Crippen LogP contribution >= 0.6 is 11.6 Å². The Labute approximate surface area is 245 Å². The summed E-state index contributed by atoms with van der Waals surface area (Å²) in [5, 5.41) is 3.19. The first-order valence-electron chi connectivity index (χ1n) is 13.1. The Kier molecular flexibility index (Phi) is 11.8. The zero-order valence-corrected chi connectivity index (χ0v) is 24.5. The van der Waals surface area contributed by atoms with Crippen molar-refractivity contribution < 1.29 is 28.5 Å². The summed E-state index contributed by atoms with van der Waals surface area (Å²) >= 11 is 6.03. The second kappa shape index (κ2) is 15.5. The highest BCUT2D eigenvalue weighted by atomic mass is 35.5. The zero-order valence-electron chi connectivity index (χ0n) is 23.7. The van der Waals surface area contributed by atoms with Crippen LogP contribution in [0.2, 0.25) is 5.02 Å². The van der Waals surface area contributed by atoms with Crippen molar-refractivity contribution in [1.82, 2.24) is 5.32 Å². The second-order valence-electron chi connectivity index (χ2n) is 9.28. The third-order valence-electron chi connectivity index (χ3n) is 6.43. The molecule has 3 aromatic carbocycles. The summed E-state index contributed by atoms with van der Waals surface area (Å²) in [6.07, 6.45) is 1.91. The average molecular weight is 582 g/mol. The van der Waals surface area contributed by atoms with Crippen molar-refractivity contribution in [3.8, 4) is 23.0 Å². The lowest BCUT2D eigenvalue weighted by atomic mass is 9.98. The molecular weight excluding hydrogens is 546 g/mol. The van der Waals surface area contributed by atoms with Crippen molar-refractivity contribution in [2.24, 2.45) is 10.7 Å². The monoisotopic (exact) mass is 581 g/mol. The highest BCUT2D eigenvalue weighted by Gasteiger charge is 2.20. The molecule has 0 saturated carbocycles. The third kappa shape index (κ3) is 9.42. The number of hydrogen-bond acceptors (Lipinski definition) is 7. The number of carbonyl (C=O) groups excluding carboxylic acids is 2. The minimum Gasteiger partial charge on any atom is -0.493 e. The number of ketones is 1. The van der Waals surface area contributed by atoms with Crippen LogP contribution in [0.1, 0.15) is 29.5 Å². The first-order valence-corrected chi connectivity index (χ1v) is 13.5. The topological polar surface area (TPSA) is 121 Å². The van der Waals surface area contributed by atoms with Gasteiger partial charge in [-0.3, -0.25) is 14.9 Å². The molecule has 1 amide bonds. The molecule has 0 aliphatic rings. The fraction of sp³-hybridized carbons (Fsp3) is 0.323. The molecule has 1 atom stereocenters. The summed E-state index contributed by atoms with van der Waals surface area (Å²) in [4.78, 5) is 30.4. The normalized spacial score (nSPS) is 11.9. The van der Waals surface area contributed by atoms with Crippen LogP contribution in [-0.4, -0.2) is 52.1 Å². The maximum atomic E-state index is 13.3. The van der Waals surface area contributed by atoms with E-state index < -0.39 is 6.04 Å². The number of aryl methyl sites for hydroxylation is 1. The number of benzene rings is 3. The number of carbonyl (C=O) groups is 2. The lowest BCUT2D eigenvalue weighted by Gasteiger charge is -2.14. The molecule has 0 saturated heterocycles. The van der Waals surface area contributed by atoms with Gasteiger partial charge in [-0.05, 0) is 65.9 Å². The third-order valence-corrected chi connectivity index (χ3v) is 6.68. The lowest BCUT2D eigenvalue weighted by Crippen LogP contribution is -2.39. The Morgan fingerprint density at radius 2 is 1.34 bits per heavy atom. The van der Waals surface area contributed by atoms with E-state index in [0.717, 1.165) is 11.1 Å². The Morgan fingerprint density at radius 3 is 1.93 bits per heavy atom. The van der Waals surface area contributed by atoms with Crippen LogP contribution in [0, 0.1) is 0 Å². The van der Waals surface area contributed by atoms with E-state index in [0.29, 0.717) is 52.8 Å². The van der Waals surface area contributed by atoms with E-state index >= 15 is 0 Å². The first kappa shape index (κ1) is 31.3. The fourth-order valence-corrected chi connectivity index (χ4v) is 4.43. The van der Waals surface area contributed by atoms with Gasteiger partial charge in [0.15, 0.2) is 34.7 Å². The second-order valence-corrected chi connectivity index (χ2v) is 9.72. The van der Waals surface area contributed by atoms with E-state index in [-0.39, 0.29) is 30.5 Å². The number of Topliss-reactive ketones (excluding diaryl/α,β-unsaturated/α-hetero) is 1. The smallest absolute Gasteiger partial charge is 0.231 e. The molecule has 3 N–H and O–H groups in total. The minimum atomic E-state index is -0.775. The standard InChI is InChI=1S/C31H36ClN3O6/c1-38-26-14-10-20(17-28(26)40-3)6-5-7-25(36)24(16-21-8-12-23(32)13-9-21)34-31(33)35-30(37)19-22-11-15-27(39-2)29(18-22)41-4/h8-15,17-18,24H,5-7,16,19H2,1-4H3,(H3,33,34,35,37)/t24-/m1/s1. The largest absolute Gasteiger partial charge is 0.493 e. The summed E-state index contributed by atoms with van der Waals surface area (Å²) in [7, 11) is 6.24. The van der Waals surface area contributed by atoms with Crippen molar-refractivity contribution in [3.05, 3.63) is 82.4 Å². The van der Waals surface area contributed by atoms with Gasteiger partial charge in [0.25, 0.3) is 0 Å². The molecule has 3 aromatic rings. The average Bonchev–Trinajstić information content (AvgIpc) is 2.97. The number of hydrogen-bond donors (Lipinski definition) is 2. The van der Waals surface area contributed by atoms with Gasteiger partial charge in [-0.1, -0.05) is 35.9 Å². The number of rotatable bonds is 14. The minimum absolute atomic E-state index is 0.0394. The highest BCUT2D eigenvalue weighted by Crippen LogP contribution is 2.29. The Hall–Kier alpha value is -4.24. The van der Waals surface area contributed by atoms with Crippen LogP contribution in [0.25, 0.3) is 0 Å². The number of ether oxygens (including phenoxy) is 4. The van der Waals surface area contributed by atoms with Gasteiger partial charge in [0.05, 0.1) is 34.9 Å². The number of methoxy groups -OCH3 is 4.